The molecule has 0 bridgehead atoms. The number of esters is 1. The van der Waals surface area contributed by atoms with E-state index in [0.29, 0.717) is 6.42 Å². The standard InChI is InChI=1S/C26H33NO4/c27-17-11-5-3-1-2-4-6-16-23(25(28)29)26(30)31-18-24-21-14-9-7-12-19(21)20-13-8-10-15-22(20)24/h7-10,12-15,23-24H,1-6,11,16-18,27H2,(H,28,29)/t23-/m1/s1. The number of fused-ring (bicyclic) bond motifs is 3. The van der Waals surface area contributed by atoms with Gasteiger partial charge in [-0.3, -0.25) is 4.79 Å². The largest absolute Gasteiger partial charge is 0.549 e. The lowest BCUT2D eigenvalue weighted by molar-refractivity contribution is -0.368. The molecule has 1 atom stereocenters. The minimum atomic E-state index is -1.34. The highest BCUT2D eigenvalue weighted by Crippen LogP contribution is 2.44. The van der Waals surface area contributed by atoms with Crippen molar-refractivity contribution in [3.05, 3.63) is 59.7 Å². The van der Waals surface area contributed by atoms with Gasteiger partial charge < -0.3 is 20.4 Å². The molecule has 0 radical (unpaired) electrons. The van der Waals surface area contributed by atoms with Gasteiger partial charge >= 0.3 is 5.97 Å². The number of unbranched alkanes of at least 4 members (excludes halogenated alkanes) is 6. The van der Waals surface area contributed by atoms with E-state index < -0.39 is 17.9 Å². The minimum Gasteiger partial charge on any atom is -0.549 e. The Hall–Kier alpha value is -2.66. The van der Waals surface area contributed by atoms with E-state index >= 15 is 0 Å². The van der Waals surface area contributed by atoms with Crippen molar-refractivity contribution in [1.29, 1.82) is 0 Å². The highest BCUT2D eigenvalue weighted by Gasteiger charge is 2.30. The summed E-state index contributed by atoms with van der Waals surface area (Å²) in [6.45, 7) is 1.12. The molecule has 3 rings (SSSR count). The van der Waals surface area contributed by atoms with Crippen molar-refractivity contribution in [1.82, 2.24) is 0 Å². The first-order chi connectivity index (χ1) is 15.1. The van der Waals surface area contributed by atoms with Crippen LogP contribution in [0.4, 0.5) is 0 Å². The summed E-state index contributed by atoms with van der Waals surface area (Å²) in [6, 6.07) is 16.2. The molecular weight excluding hydrogens is 390 g/mol. The number of aliphatic carboxylic acids is 1. The minimum absolute atomic E-state index is 0.0722. The molecule has 2 aromatic carbocycles. The molecule has 0 heterocycles. The van der Waals surface area contributed by atoms with Crippen molar-refractivity contribution in [3.8, 4) is 11.1 Å². The Morgan fingerprint density at radius 3 is 1.90 bits per heavy atom. The van der Waals surface area contributed by atoms with Crippen LogP contribution in [0, 0.1) is 5.92 Å². The number of ether oxygens (including phenoxy) is 1. The third-order valence-electron chi connectivity index (χ3n) is 6.17. The van der Waals surface area contributed by atoms with Crippen molar-refractivity contribution >= 4 is 11.9 Å². The van der Waals surface area contributed by atoms with Gasteiger partial charge in [0.2, 0.25) is 0 Å². The number of hydrogen-bond donors (Lipinski definition) is 1. The number of carboxylic acids is 1. The van der Waals surface area contributed by atoms with Crippen LogP contribution in [0.25, 0.3) is 11.1 Å². The fraction of sp³-hybridized carbons (Fsp3) is 0.462. The summed E-state index contributed by atoms with van der Waals surface area (Å²) in [7, 11) is 0. The maximum Gasteiger partial charge on any atom is 0.314 e. The smallest absolute Gasteiger partial charge is 0.314 e. The molecule has 0 saturated heterocycles. The van der Waals surface area contributed by atoms with Gasteiger partial charge in [0, 0.05) is 5.92 Å². The number of carbonyl (C=O) groups is 2. The zero-order valence-electron chi connectivity index (χ0n) is 18.2. The maximum atomic E-state index is 12.6. The number of rotatable bonds is 13. The van der Waals surface area contributed by atoms with Crippen molar-refractivity contribution in [2.75, 3.05) is 13.2 Å². The fourth-order valence-electron chi connectivity index (χ4n) is 4.45. The van der Waals surface area contributed by atoms with Gasteiger partial charge in [-0.25, -0.2) is 0 Å². The van der Waals surface area contributed by atoms with Crippen LogP contribution in [0.1, 0.15) is 68.4 Å². The molecule has 0 saturated carbocycles. The molecule has 2 aromatic rings. The van der Waals surface area contributed by atoms with Crippen molar-refractivity contribution < 1.29 is 25.2 Å². The molecule has 5 heteroatoms. The van der Waals surface area contributed by atoms with Crippen LogP contribution in [0.2, 0.25) is 0 Å². The quantitative estimate of drug-likeness (QED) is 0.304. The number of carbonyl (C=O) groups excluding carboxylic acids is 2. The Kier molecular flexibility index (Phi) is 8.65. The van der Waals surface area contributed by atoms with E-state index in [0.717, 1.165) is 54.5 Å². The summed E-state index contributed by atoms with van der Waals surface area (Å²) in [6.07, 6.45) is 7.63. The molecule has 0 unspecified atom stereocenters. The maximum absolute atomic E-state index is 12.6. The normalized spacial score (nSPS) is 13.5. The molecule has 1 aliphatic carbocycles. The van der Waals surface area contributed by atoms with Gasteiger partial charge in [-0.05, 0) is 41.5 Å². The predicted octanol–water partition coefficient (Wildman–Crippen LogP) is 3.07. The number of hydrogen-bond acceptors (Lipinski definition) is 4. The van der Waals surface area contributed by atoms with Gasteiger partial charge in [-0.2, -0.15) is 0 Å². The molecular formula is C26H33NO4. The van der Waals surface area contributed by atoms with E-state index in [1.807, 2.05) is 36.4 Å². The Labute approximate surface area is 184 Å². The Morgan fingerprint density at radius 2 is 1.35 bits per heavy atom. The first kappa shape index (κ1) is 23.0. The lowest BCUT2D eigenvalue weighted by Gasteiger charge is -2.19. The average molecular weight is 424 g/mol. The van der Waals surface area contributed by atoms with Crippen LogP contribution in [0.5, 0.6) is 0 Å². The van der Waals surface area contributed by atoms with Gasteiger partial charge in [-0.15, -0.1) is 0 Å². The predicted molar refractivity (Wildman–Crippen MR) is 118 cm³/mol. The zero-order chi connectivity index (χ0) is 22.1. The third-order valence-corrected chi connectivity index (χ3v) is 6.17. The van der Waals surface area contributed by atoms with Crippen molar-refractivity contribution in [2.45, 2.75) is 57.3 Å². The second kappa shape index (κ2) is 11.7. The summed E-state index contributed by atoms with van der Waals surface area (Å²) in [5, 5.41) is 11.6. The molecule has 5 nitrogen and oxygen atoms in total. The van der Waals surface area contributed by atoms with E-state index in [4.69, 9.17) is 4.74 Å². The van der Waals surface area contributed by atoms with Crippen LogP contribution in [-0.4, -0.2) is 25.1 Å². The second-order valence-corrected chi connectivity index (χ2v) is 8.35. The first-order valence-electron chi connectivity index (χ1n) is 11.5. The zero-order valence-corrected chi connectivity index (χ0v) is 18.2. The number of carboxylic acid groups (broad SMARTS) is 1. The third kappa shape index (κ3) is 5.95. The first-order valence-corrected chi connectivity index (χ1v) is 11.5. The van der Waals surface area contributed by atoms with E-state index in [-0.39, 0.29) is 18.9 Å². The molecule has 166 valence electrons. The molecule has 0 spiro atoms. The second-order valence-electron chi connectivity index (χ2n) is 8.35. The highest BCUT2D eigenvalue weighted by atomic mass is 16.5. The van der Waals surface area contributed by atoms with Gasteiger partial charge in [-0.1, -0.05) is 80.6 Å². The summed E-state index contributed by atoms with van der Waals surface area (Å²) >= 11 is 0. The highest BCUT2D eigenvalue weighted by molar-refractivity contribution is 5.93. The van der Waals surface area contributed by atoms with Crippen molar-refractivity contribution in [3.63, 3.8) is 0 Å². The van der Waals surface area contributed by atoms with Crippen LogP contribution in [0.15, 0.2) is 48.5 Å². The van der Waals surface area contributed by atoms with Gasteiger partial charge in [0.15, 0.2) is 0 Å². The van der Waals surface area contributed by atoms with Crippen LogP contribution in [-0.2, 0) is 14.3 Å². The van der Waals surface area contributed by atoms with Crippen molar-refractivity contribution in [2.24, 2.45) is 5.92 Å². The summed E-state index contributed by atoms with van der Waals surface area (Å²) < 4.78 is 5.52. The van der Waals surface area contributed by atoms with E-state index in [9.17, 15) is 14.7 Å². The van der Waals surface area contributed by atoms with Gasteiger partial charge in [0.05, 0.1) is 18.4 Å². The summed E-state index contributed by atoms with van der Waals surface area (Å²) in [4.78, 5) is 24.1. The van der Waals surface area contributed by atoms with Gasteiger partial charge in [0.25, 0.3) is 0 Å². The van der Waals surface area contributed by atoms with E-state index in [1.165, 1.54) is 12.8 Å². The van der Waals surface area contributed by atoms with Crippen LogP contribution >= 0.6 is 0 Å². The van der Waals surface area contributed by atoms with E-state index in [1.54, 1.807) is 0 Å². The number of quaternary nitrogens is 1. The molecule has 0 aliphatic heterocycles. The Balaban J connectivity index is 1.51. The lowest BCUT2D eigenvalue weighted by atomic mass is 9.97. The monoisotopic (exact) mass is 423 g/mol. The SMILES string of the molecule is [NH3+]CCCCCCCCC[C@H](C(=O)[O-])C(=O)OCC1c2ccccc2-c2ccccc21. The Bertz CT molecular complexity index is 834. The Morgan fingerprint density at radius 1 is 0.839 bits per heavy atom. The summed E-state index contributed by atoms with van der Waals surface area (Å²) in [5.41, 5.74) is 8.35. The molecule has 0 aromatic heterocycles. The van der Waals surface area contributed by atoms with Gasteiger partial charge in [0.1, 0.15) is 6.61 Å². The average Bonchev–Trinajstić information content (AvgIpc) is 3.10. The fourth-order valence-corrected chi connectivity index (χ4v) is 4.45. The van der Waals surface area contributed by atoms with Crippen LogP contribution < -0.4 is 10.8 Å². The number of benzene rings is 2. The van der Waals surface area contributed by atoms with Crippen LogP contribution in [0.3, 0.4) is 0 Å². The molecule has 3 N–H and O–H groups in total. The molecule has 0 amide bonds. The van der Waals surface area contributed by atoms with E-state index in [2.05, 4.69) is 17.9 Å². The molecule has 1 aliphatic rings. The topological polar surface area (TPSA) is 94.1 Å². The summed E-state index contributed by atoms with van der Waals surface area (Å²) in [5.74, 6) is -3.29. The lowest BCUT2D eigenvalue weighted by Crippen LogP contribution is -2.50. The molecule has 0 fully saturated rings. The molecule has 31 heavy (non-hydrogen) atoms.